The van der Waals surface area contributed by atoms with Crippen LogP contribution in [-0.4, -0.2) is 28.9 Å². The Morgan fingerprint density at radius 3 is 0.897 bits per heavy atom. The minimum absolute atomic E-state index is 0. The lowest BCUT2D eigenvalue weighted by atomic mass is 10.2. The van der Waals surface area contributed by atoms with Crippen molar-refractivity contribution in [2.75, 3.05) is 14.2 Å². The van der Waals surface area contributed by atoms with E-state index in [4.69, 9.17) is 28.7 Å². The number of hydrogen-bond donors (Lipinski definition) is 3. The van der Waals surface area contributed by atoms with Crippen LogP contribution >= 0.6 is 34.8 Å². The van der Waals surface area contributed by atoms with Crippen molar-refractivity contribution in [3.8, 4) is 11.5 Å². The van der Waals surface area contributed by atoms with Gasteiger partial charge in [0.25, 0.3) is 0 Å². The topological polar surface area (TPSA) is 96.2 Å². The fourth-order valence-corrected chi connectivity index (χ4v) is 17.2. The lowest BCUT2D eigenvalue weighted by molar-refractivity contribution is 0.275. The van der Waals surface area contributed by atoms with E-state index in [1.54, 1.807) is 14.2 Å². The van der Waals surface area contributed by atoms with Crippen molar-refractivity contribution in [1.29, 1.82) is 0 Å². The average Bonchev–Trinajstić information content (AvgIpc) is 3.31. The van der Waals surface area contributed by atoms with Gasteiger partial charge >= 0.3 is 7.82 Å². The van der Waals surface area contributed by atoms with Crippen molar-refractivity contribution < 1.29 is 28.7 Å². The first-order valence-electron chi connectivity index (χ1n) is 22.3. The molecule has 0 aliphatic carbocycles. The van der Waals surface area contributed by atoms with Crippen LogP contribution in [0.15, 0.2) is 194 Å². The van der Waals surface area contributed by atoms with E-state index in [1.165, 1.54) is 76.3 Å². The van der Waals surface area contributed by atoms with E-state index in [1.807, 2.05) is 12.1 Å². The molecular weight excluding hydrogens is 921 g/mol. The fraction of sp³-hybridized carbons (Fsp3) is 0.172. The molecule has 0 unspecified atom stereocenters. The molecule has 3 N–H and O–H groups in total. The van der Waals surface area contributed by atoms with Crippen molar-refractivity contribution in [1.82, 2.24) is 0 Å². The highest BCUT2D eigenvalue weighted by Gasteiger charge is 2.47. The molecule has 0 bridgehead atoms. The predicted octanol–water partition coefficient (Wildman–Crippen LogP) is 11.7. The minimum Gasteiger partial charge on any atom is -0.497 e. The summed E-state index contributed by atoms with van der Waals surface area (Å²) in [5.74, 6) is 1.82. The Hall–Kier alpha value is -5.38. The van der Waals surface area contributed by atoms with Crippen LogP contribution in [0.25, 0.3) is 0 Å². The van der Waals surface area contributed by atoms with Crippen molar-refractivity contribution >= 4 is 66.6 Å². The van der Waals surface area contributed by atoms with Crippen LogP contribution in [0.3, 0.4) is 0 Å². The summed E-state index contributed by atoms with van der Waals surface area (Å²) in [5, 5.41) is 8.50. The van der Waals surface area contributed by atoms with Gasteiger partial charge in [-0.05, 0) is 166 Å². The highest BCUT2D eigenvalue weighted by molar-refractivity contribution is 7.95. The molecule has 6 nitrogen and oxygen atoms in total. The maximum absolute atomic E-state index is 8.88. The Labute approximate surface area is 411 Å². The second-order valence-corrected chi connectivity index (χ2v) is 25.2. The molecule has 0 atom stereocenters. The summed E-state index contributed by atoms with van der Waals surface area (Å²) in [5.41, 5.74) is 10.4. The highest BCUT2D eigenvalue weighted by atomic mass is 35.5. The first-order chi connectivity index (χ1) is 32.0. The Morgan fingerprint density at radius 1 is 0.368 bits per heavy atom. The third kappa shape index (κ3) is 13.9. The Bertz CT molecular complexity index is 2680. The number of methoxy groups -OCH3 is 2. The number of phosphoric acid groups is 1. The van der Waals surface area contributed by atoms with Gasteiger partial charge in [-0.25, -0.2) is 4.57 Å². The summed E-state index contributed by atoms with van der Waals surface area (Å²) >= 11 is 0. The smallest absolute Gasteiger partial charge is 0.466 e. The number of halogens is 1. The quantitative estimate of drug-likeness (QED) is 0.106. The molecule has 0 aromatic heterocycles. The van der Waals surface area contributed by atoms with Gasteiger partial charge in [-0.15, -0.1) is 12.4 Å². The first kappa shape index (κ1) is 53.6. The Kier molecular flexibility index (Phi) is 19.1. The molecular formula is C58H64ClO6P3+2. The molecule has 0 amide bonds. The highest BCUT2D eigenvalue weighted by Crippen LogP contribution is 2.59. The van der Waals surface area contributed by atoms with E-state index >= 15 is 0 Å². The first-order valence-corrected chi connectivity index (χ1v) is 27.8. The summed E-state index contributed by atoms with van der Waals surface area (Å²) in [4.78, 5) is 21.6. The minimum atomic E-state index is -4.64. The number of benzene rings is 8. The van der Waals surface area contributed by atoms with Crippen molar-refractivity contribution in [2.24, 2.45) is 0 Å². The molecule has 0 aliphatic rings. The van der Waals surface area contributed by atoms with E-state index in [2.05, 4.69) is 224 Å². The molecule has 8 rings (SSSR count). The standard InChI is InChI=1S/2C29H30OP.ClH.H3O4P/c1-22-9-5-14-27(17-22)31(28-15-6-10-23(2)18-28,29-16-7-11-24(3)19-29)21-25-12-8-13-26(20-25)30-4;1-22-8-14-27(15-9-22)31(28-16-10-23(2)11-17-28,29-18-12-24(3)13-19-29)21-25-6-5-7-26(20-25)30-4;;1-5(2,3)4/h2*5-20H,21H2,1-4H3;1H;(H3,1,2,3,4)/q2*+1;;. The van der Waals surface area contributed by atoms with Crippen LogP contribution in [-0.2, 0) is 16.9 Å². The van der Waals surface area contributed by atoms with Crippen LogP contribution < -0.4 is 41.3 Å². The van der Waals surface area contributed by atoms with Gasteiger partial charge in [-0.3, -0.25) is 0 Å². The van der Waals surface area contributed by atoms with E-state index in [-0.39, 0.29) is 12.4 Å². The zero-order chi connectivity index (χ0) is 48.2. The van der Waals surface area contributed by atoms with Crippen LogP contribution in [0.1, 0.15) is 44.5 Å². The van der Waals surface area contributed by atoms with E-state index in [9.17, 15) is 0 Å². The zero-order valence-corrected chi connectivity index (χ0v) is 43.7. The second-order valence-electron chi connectivity index (χ2n) is 17.2. The average molecular weight is 986 g/mol. The molecule has 8 aromatic rings. The lowest BCUT2D eigenvalue weighted by Crippen LogP contribution is -2.33. The van der Waals surface area contributed by atoms with Crippen LogP contribution in [0, 0.1) is 41.5 Å². The summed E-state index contributed by atoms with van der Waals surface area (Å²) in [7, 11) is -5.02. The molecule has 68 heavy (non-hydrogen) atoms. The SMILES string of the molecule is COc1cccc(C[P+](c2ccc(C)cc2)(c2ccc(C)cc2)c2ccc(C)cc2)c1.COc1cccc(C[P+](c2cccc(C)c2)(c2cccc(C)c2)c2cccc(C)c2)c1.Cl.O=P(O)(O)O. The van der Waals surface area contributed by atoms with Crippen LogP contribution in [0.4, 0.5) is 0 Å². The Morgan fingerprint density at radius 2 is 0.632 bits per heavy atom. The van der Waals surface area contributed by atoms with Gasteiger partial charge in [0.15, 0.2) is 0 Å². The number of rotatable bonds is 12. The fourth-order valence-electron chi connectivity index (χ4n) is 8.53. The summed E-state index contributed by atoms with van der Waals surface area (Å²) in [6, 6.07) is 71.9. The van der Waals surface area contributed by atoms with Crippen molar-refractivity contribution in [3.63, 3.8) is 0 Å². The third-order valence-electron chi connectivity index (χ3n) is 11.9. The van der Waals surface area contributed by atoms with Gasteiger partial charge in [0.1, 0.15) is 57.9 Å². The van der Waals surface area contributed by atoms with Gasteiger partial charge in [-0.1, -0.05) is 114 Å². The largest absolute Gasteiger partial charge is 0.497 e. The summed E-state index contributed by atoms with van der Waals surface area (Å²) < 4.78 is 20.0. The molecule has 0 aliphatic heterocycles. The van der Waals surface area contributed by atoms with Crippen LogP contribution in [0.5, 0.6) is 11.5 Å². The summed E-state index contributed by atoms with van der Waals surface area (Å²) in [6.45, 7) is 13.0. The summed E-state index contributed by atoms with van der Waals surface area (Å²) in [6.07, 6.45) is 1.92. The van der Waals surface area contributed by atoms with Crippen molar-refractivity contribution in [2.45, 2.75) is 53.9 Å². The van der Waals surface area contributed by atoms with E-state index < -0.39 is 22.3 Å². The number of aryl methyl sites for hydroxylation is 6. The van der Waals surface area contributed by atoms with E-state index in [0.29, 0.717) is 0 Å². The lowest BCUT2D eigenvalue weighted by Gasteiger charge is -2.28. The number of hydrogen-bond acceptors (Lipinski definition) is 3. The molecule has 0 heterocycles. The van der Waals surface area contributed by atoms with Gasteiger partial charge in [0.05, 0.1) is 26.5 Å². The van der Waals surface area contributed by atoms with Crippen molar-refractivity contribution in [3.05, 3.63) is 239 Å². The molecule has 352 valence electrons. The molecule has 0 spiro atoms. The normalized spacial score (nSPS) is 11.2. The molecule has 0 radical (unpaired) electrons. The maximum Gasteiger partial charge on any atom is 0.466 e. The van der Waals surface area contributed by atoms with Gasteiger partial charge in [0.2, 0.25) is 0 Å². The van der Waals surface area contributed by atoms with Gasteiger partial charge in [-0.2, -0.15) is 0 Å². The maximum atomic E-state index is 8.88. The molecule has 0 saturated heterocycles. The Balaban J connectivity index is 0.000000228. The zero-order valence-electron chi connectivity index (χ0n) is 40.2. The van der Waals surface area contributed by atoms with Gasteiger partial charge in [0, 0.05) is 0 Å². The molecule has 10 heteroatoms. The third-order valence-corrected chi connectivity index (χ3v) is 20.6. The van der Waals surface area contributed by atoms with E-state index in [0.717, 1.165) is 23.8 Å². The molecule has 8 aromatic carbocycles. The van der Waals surface area contributed by atoms with Crippen LogP contribution in [0.2, 0.25) is 0 Å². The predicted molar refractivity (Wildman–Crippen MR) is 294 cm³/mol. The molecule has 0 saturated carbocycles. The number of ether oxygens (including phenoxy) is 2. The molecule has 0 fully saturated rings. The van der Waals surface area contributed by atoms with Gasteiger partial charge < -0.3 is 24.2 Å². The monoisotopic (exact) mass is 984 g/mol. The second kappa shape index (κ2) is 24.3.